The molecule has 118 valence electrons. The van der Waals surface area contributed by atoms with Crippen molar-refractivity contribution < 1.29 is 29.3 Å². The Balaban J connectivity index is 2.31. The number of carbonyl (C=O) groups is 3. The molecule has 1 fully saturated rings. The molecule has 1 aromatic carbocycles. The van der Waals surface area contributed by atoms with Crippen molar-refractivity contribution in [3.8, 4) is 11.5 Å². The highest BCUT2D eigenvalue weighted by atomic mass is 16.5. The van der Waals surface area contributed by atoms with Crippen LogP contribution in [0.2, 0.25) is 0 Å². The van der Waals surface area contributed by atoms with E-state index in [0.29, 0.717) is 0 Å². The zero-order valence-electron chi connectivity index (χ0n) is 12.1. The molecular formula is C15H17NO6. The molecule has 0 radical (unpaired) electrons. The summed E-state index contributed by atoms with van der Waals surface area (Å²) in [5.41, 5.74) is -1.03. The van der Waals surface area contributed by atoms with Crippen LogP contribution < -0.4 is 10.1 Å². The molecule has 7 nitrogen and oxygen atoms in total. The summed E-state index contributed by atoms with van der Waals surface area (Å²) in [5.74, 6) is -1.68. The molecule has 1 amide bonds. The highest BCUT2D eigenvalue weighted by Gasteiger charge is 2.44. The fourth-order valence-electron chi connectivity index (χ4n) is 2.62. The third-order valence-corrected chi connectivity index (χ3v) is 3.80. The van der Waals surface area contributed by atoms with Gasteiger partial charge in [0.1, 0.15) is 5.54 Å². The average molecular weight is 307 g/mol. The maximum atomic E-state index is 12.7. The van der Waals surface area contributed by atoms with Crippen LogP contribution in [0.1, 0.15) is 36.0 Å². The van der Waals surface area contributed by atoms with E-state index >= 15 is 0 Å². The van der Waals surface area contributed by atoms with E-state index in [4.69, 9.17) is 9.84 Å². The second kappa shape index (κ2) is 6.05. The average Bonchev–Trinajstić information content (AvgIpc) is 2.87. The first kappa shape index (κ1) is 15.8. The number of phenolic OH excluding ortho intramolecular Hbond substituents is 1. The van der Waals surface area contributed by atoms with Gasteiger partial charge >= 0.3 is 5.97 Å². The SMILES string of the molecule is COc1ccc(C(=O)C2(CCC(=O)O)CCC(=O)N2)cc1O. The molecule has 2 rings (SSSR count). The number of aromatic hydroxyl groups is 1. The maximum absolute atomic E-state index is 12.7. The van der Waals surface area contributed by atoms with Crippen molar-refractivity contribution >= 4 is 17.7 Å². The topological polar surface area (TPSA) is 113 Å². The molecule has 1 unspecified atom stereocenters. The normalized spacial score (nSPS) is 20.5. The second-order valence-corrected chi connectivity index (χ2v) is 5.24. The molecule has 0 spiro atoms. The Labute approximate surface area is 126 Å². The molecule has 0 bridgehead atoms. The summed E-state index contributed by atoms with van der Waals surface area (Å²) in [5, 5.41) is 21.2. The number of amides is 1. The van der Waals surface area contributed by atoms with E-state index in [1.165, 1.54) is 25.3 Å². The van der Waals surface area contributed by atoms with E-state index in [2.05, 4.69) is 5.32 Å². The molecule has 3 N–H and O–H groups in total. The van der Waals surface area contributed by atoms with Gasteiger partial charge in [-0.05, 0) is 31.0 Å². The maximum Gasteiger partial charge on any atom is 0.303 e. The zero-order chi connectivity index (χ0) is 16.3. The first-order valence-electron chi connectivity index (χ1n) is 6.82. The number of rotatable bonds is 6. The number of carboxylic acid groups (broad SMARTS) is 1. The van der Waals surface area contributed by atoms with Gasteiger partial charge in [-0.2, -0.15) is 0 Å². The lowest BCUT2D eigenvalue weighted by Crippen LogP contribution is -2.49. The molecule has 0 saturated carbocycles. The highest BCUT2D eigenvalue weighted by Crippen LogP contribution is 2.33. The van der Waals surface area contributed by atoms with Gasteiger partial charge in [-0.1, -0.05) is 0 Å². The van der Waals surface area contributed by atoms with Crippen molar-refractivity contribution in [1.82, 2.24) is 5.32 Å². The highest BCUT2D eigenvalue weighted by molar-refractivity contribution is 6.07. The fraction of sp³-hybridized carbons (Fsp3) is 0.400. The van der Waals surface area contributed by atoms with Crippen molar-refractivity contribution in [2.45, 2.75) is 31.2 Å². The summed E-state index contributed by atoms with van der Waals surface area (Å²) in [7, 11) is 1.39. The van der Waals surface area contributed by atoms with Gasteiger partial charge in [0.2, 0.25) is 5.91 Å². The third kappa shape index (κ3) is 3.03. The summed E-state index contributed by atoms with van der Waals surface area (Å²) in [6.07, 6.45) is 0.200. The van der Waals surface area contributed by atoms with E-state index in [0.717, 1.165) is 0 Å². The number of Topliss-reactive ketones (excluding diaryl/α,β-unsaturated/α-hetero) is 1. The van der Waals surface area contributed by atoms with Gasteiger partial charge < -0.3 is 20.3 Å². The Bertz CT molecular complexity index is 626. The van der Waals surface area contributed by atoms with Gasteiger partial charge in [0.15, 0.2) is 17.3 Å². The van der Waals surface area contributed by atoms with Crippen LogP contribution in [-0.2, 0) is 9.59 Å². The molecule has 1 aliphatic heterocycles. The number of carbonyl (C=O) groups excluding carboxylic acids is 2. The molecular weight excluding hydrogens is 290 g/mol. The molecule has 1 saturated heterocycles. The van der Waals surface area contributed by atoms with E-state index in [1.54, 1.807) is 0 Å². The van der Waals surface area contributed by atoms with Crippen LogP contribution in [0.15, 0.2) is 18.2 Å². The predicted molar refractivity (Wildman–Crippen MR) is 76.0 cm³/mol. The number of aliphatic carboxylic acids is 1. The van der Waals surface area contributed by atoms with Crippen LogP contribution in [0.25, 0.3) is 0 Å². The largest absolute Gasteiger partial charge is 0.504 e. The number of hydrogen-bond donors (Lipinski definition) is 3. The lowest BCUT2D eigenvalue weighted by molar-refractivity contribution is -0.137. The molecule has 1 atom stereocenters. The Morgan fingerprint density at radius 1 is 1.41 bits per heavy atom. The molecule has 0 aliphatic carbocycles. The number of hydrogen-bond acceptors (Lipinski definition) is 5. The van der Waals surface area contributed by atoms with Crippen LogP contribution >= 0.6 is 0 Å². The minimum absolute atomic E-state index is 0.0136. The summed E-state index contributed by atoms with van der Waals surface area (Å²) in [6.45, 7) is 0. The smallest absolute Gasteiger partial charge is 0.303 e. The predicted octanol–water partition coefficient (Wildman–Crippen LogP) is 1.10. The van der Waals surface area contributed by atoms with Crippen LogP contribution in [0, 0.1) is 0 Å². The van der Waals surface area contributed by atoms with Crippen LogP contribution in [-0.4, -0.2) is 40.5 Å². The summed E-state index contributed by atoms with van der Waals surface area (Å²) < 4.78 is 4.92. The Morgan fingerprint density at radius 3 is 2.64 bits per heavy atom. The Hall–Kier alpha value is -2.57. The monoisotopic (exact) mass is 307 g/mol. The van der Waals surface area contributed by atoms with Crippen LogP contribution in [0.3, 0.4) is 0 Å². The number of ether oxygens (including phenoxy) is 1. The molecule has 1 aromatic rings. The lowest BCUT2D eigenvalue weighted by atomic mass is 9.83. The van der Waals surface area contributed by atoms with Gasteiger partial charge in [-0.25, -0.2) is 0 Å². The van der Waals surface area contributed by atoms with E-state index in [-0.39, 0.29) is 48.7 Å². The number of phenols is 1. The molecule has 1 aliphatic rings. The van der Waals surface area contributed by atoms with E-state index < -0.39 is 17.3 Å². The first-order chi connectivity index (χ1) is 10.4. The van der Waals surface area contributed by atoms with E-state index in [1.807, 2.05) is 0 Å². The standard InChI is InChI=1S/C15H17NO6/c1-22-11-3-2-9(8-10(11)17)14(21)15(7-5-13(19)20)6-4-12(18)16-15/h2-3,8,17H,4-7H2,1H3,(H,16,18)(H,19,20). The summed E-state index contributed by atoms with van der Waals surface area (Å²) in [4.78, 5) is 35.0. The van der Waals surface area contributed by atoms with Crippen molar-refractivity contribution in [1.29, 1.82) is 0 Å². The number of methoxy groups -OCH3 is 1. The minimum Gasteiger partial charge on any atom is -0.504 e. The van der Waals surface area contributed by atoms with Gasteiger partial charge in [0.05, 0.1) is 7.11 Å². The summed E-state index contributed by atoms with van der Waals surface area (Å²) in [6, 6.07) is 4.19. The minimum atomic E-state index is -1.23. The third-order valence-electron chi connectivity index (χ3n) is 3.80. The molecule has 22 heavy (non-hydrogen) atoms. The number of ketones is 1. The van der Waals surface area contributed by atoms with Crippen molar-refractivity contribution in [3.63, 3.8) is 0 Å². The Kier molecular flexibility index (Phi) is 4.35. The van der Waals surface area contributed by atoms with Gasteiger partial charge in [0.25, 0.3) is 0 Å². The first-order valence-corrected chi connectivity index (χ1v) is 6.82. The quantitative estimate of drug-likeness (QED) is 0.678. The number of nitrogens with one attached hydrogen (secondary N) is 1. The number of carboxylic acids is 1. The zero-order valence-corrected chi connectivity index (χ0v) is 12.1. The van der Waals surface area contributed by atoms with Crippen molar-refractivity contribution in [2.24, 2.45) is 0 Å². The van der Waals surface area contributed by atoms with Gasteiger partial charge in [-0.15, -0.1) is 0 Å². The lowest BCUT2D eigenvalue weighted by Gasteiger charge is -2.27. The fourth-order valence-corrected chi connectivity index (χ4v) is 2.62. The van der Waals surface area contributed by atoms with Crippen molar-refractivity contribution in [2.75, 3.05) is 7.11 Å². The van der Waals surface area contributed by atoms with Crippen molar-refractivity contribution in [3.05, 3.63) is 23.8 Å². The number of benzene rings is 1. The second-order valence-electron chi connectivity index (χ2n) is 5.24. The van der Waals surface area contributed by atoms with Crippen LogP contribution in [0.4, 0.5) is 0 Å². The Morgan fingerprint density at radius 2 is 2.14 bits per heavy atom. The molecule has 0 aromatic heterocycles. The van der Waals surface area contributed by atoms with Gasteiger partial charge in [0, 0.05) is 18.4 Å². The van der Waals surface area contributed by atoms with Gasteiger partial charge in [-0.3, -0.25) is 14.4 Å². The van der Waals surface area contributed by atoms with Crippen LogP contribution in [0.5, 0.6) is 11.5 Å². The molecule has 1 heterocycles. The van der Waals surface area contributed by atoms with E-state index in [9.17, 15) is 19.5 Å². The summed E-state index contributed by atoms with van der Waals surface area (Å²) >= 11 is 0. The molecule has 7 heteroatoms.